The van der Waals surface area contributed by atoms with Gasteiger partial charge in [0.1, 0.15) is 29.2 Å². The molecule has 1 fully saturated rings. The average Bonchev–Trinajstić information content (AvgIpc) is 3.45. The number of aryl methyl sites for hydroxylation is 2. The van der Waals surface area contributed by atoms with Crippen LogP contribution in [0, 0.1) is 5.92 Å². The summed E-state index contributed by atoms with van der Waals surface area (Å²) in [5.41, 5.74) is 1.46. The van der Waals surface area contributed by atoms with Crippen molar-refractivity contribution in [1.29, 1.82) is 0 Å². The van der Waals surface area contributed by atoms with Gasteiger partial charge in [0.15, 0.2) is 5.78 Å². The Labute approximate surface area is 261 Å². The summed E-state index contributed by atoms with van der Waals surface area (Å²) >= 11 is 0. The number of alkyl carbamates (subject to hydrolysis) is 1. The first-order valence-electron chi connectivity index (χ1n) is 15.4. The van der Waals surface area contributed by atoms with Gasteiger partial charge in [-0.1, -0.05) is 52.0 Å². The van der Waals surface area contributed by atoms with Gasteiger partial charge in [-0.2, -0.15) is 0 Å². The van der Waals surface area contributed by atoms with Crippen molar-refractivity contribution in [2.75, 3.05) is 6.54 Å². The summed E-state index contributed by atoms with van der Waals surface area (Å²) in [7, 11) is -4.02. The van der Waals surface area contributed by atoms with E-state index in [4.69, 9.17) is 13.8 Å². The molecule has 0 radical (unpaired) electrons. The zero-order chi connectivity index (χ0) is 32.7. The normalized spacial score (nSPS) is 16.7. The van der Waals surface area contributed by atoms with Crippen molar-refractivity contribution in [1.82, 2.24) is 15.5 Å². The third kappa shape index (κ3) is 9.49. The highest BCUT2D eigenvalue weighted by atomic mass is 31.2. The van der Waals surface area contributed by atoms with Crippen LogP contribution in [0.1, 0.15) is 79.4 Å². The molecule has 0 saturated carbocycles. The maximum Gasteiger partial charge on any atom is 0.452 e. The molecule has 1 heterocycles. The Morgan fingerprint density at radius 2 is 1.39 bits per heavy atom. The topological polar surface area (TPSA) is 123 Å². The molecule has 11 heteroatoms. The molecule has 44 heavy (non-hydrogen) atoms. The summed E-state index contributed by atoms with van der Waals surface area (Å²) in [5, 5.41) is 5.49. The molecule has 1 saturated heterocycles. The monoisotopic (exact) mass is 629 g/mol. The predicted molar refractivity (Wildman–Crippen MR) is 171 cm³/mol. The van der Waals surface area contributed by atoms with Gasteiger partial charge in [0.25, 0.3) is 0 Å². The highest BCUT2D eigenvalue weighted by Gasteiger charge is 2.43. The number of amides is 3. The number of hydrogen-bond donors (Lipinski definition) is 2. The smallest absolute Gasteiger partial charge is 0.444 e. The highest BCUT2D eigenvalue weighted by Crippen LogP contribution is 2.52. The van der Waals surface area contributed by atoms with Crippen LogP contribution < -0.4 is 19.7 Å². The fourth-order valence-electron chi connectivity index (χ4n) is 4.85. The molecule has 3 unspecified atom stereocenters. The molecule has 0 bridgehead atoms. The number of benzene rings is 2. The molecule has 2 aromatic rings. The predicted octanol–water partition coefficient (Wildman–Crippen LogP) is 6.46. The second-order valence-corrected chi connectivity index (χ2v) is 14.7. The molecule has 3 rings (SSSR count). The number of ether oxygens (including phenoxy) is 1. The molecule has 3 atom stereocenters. The van der Waals surface area contributed by atoms with E-state index in [2.05, 4.69) is 10.6 Å². The molecule has 0 aliphatic carbocycles. The van der Waals surface area contributed by atoms with E-state index in [0.717, 1.165) is 24.0 Å². The summed E-state index contributed by atoms with van der Waals surface area (Å²) in [6.45, 7) is 14.9. The van der Waals surface area contributed by atoms with Crippen molar-refractivity contribution in [3.63, 3.8) is 0 Å². The number of rotatable bonds is 12. The molecule has 0 aromatic heterocycles. The number of hydrogen-bond acceptors (Lipinski definition) is 7. The van der Waals surface area contributed by atoms with Crippen LogP contribution in [0.25, 0.3) is 0 Å². The van der Waals surface area contributed by atoms with Crippen molar-refractivity contribution in [2.45, 2.75) is 105 Å². The lowest BCUT2D eigenvalue weighted by Crippen LogP contribution is -2.56. The van der Waals surface area contributed by atoms with Gasteiger partial charge in [0.05, 0.1) is 0 Å². The third-order valence-corrected chi connectivity index (χ3v) is 9.41. The maximum atomic E-state index is 14.4. The van der Waals surface area contributed by atoms with Gasteiger partial charge in [-0.15, -0.1) is 0 Å². The maximum absolute atomic E-state index is 14.4. The molecular weight excluding hydrogens is 581 g/mol. The lowest BCUT2D eigenvalue weighted by Gasteiger charge is -2.32. The Balaban J connectivity index is 1.80. The number of carbonyl (C=O) groups excluding carboxylic acids is 3. The van der Waals surface area contributed by atoms with E-state index in [9.17, 15) is 18.9 Å². The Morgan fingerprint density at radius 1 is 0.886 bits per heavy atom. The van der Waals surface area contributed by atoms with Gasteiger partial charge >= 0.3 is 13.7 Å². The molecule has 2 aromatic carbocycles. The van der Waals surface area contributed by atoms with Crippen molar-refractivity contribution in [3.8, 4) is 11.5 Å². The third-order valence-electron chi connectivity index (χ3n) is 7.40. The van der Waals surface area contributed by atoms with E-state index < -0.39 is 43.1 Å². The number of nitrogens with one attached hydrogen (secondary N) is 2. The van der Waals surface area contributed by atoms with Crippen LogP contribution in [0.5, 0.6) is 11.5 Å². The van der Waals surface area contributed by atoms with Crippen molar-refractivity contribution < 1.29 is 32.7 Å². The minimum absolute atomic E-state index is 0.251. The van der Waals surface area contributed by atoms with Crippen LogP contribution in [-0.2, 0) is 31.7 Å². The van der Waals surface area contributed by atoms with Gasteiger partial charge in [-0.05, 0) is 94.7 Å². The molecular formula is C33H48N3O7P. The quantitative estimate of drug-likeness (QED) is 0.258. The molecule has 1 aliphatic rings. The first-order chi connectivity index (χ1) is 20.7. The Morgan fingerprint density at radius 3 is 1.82 bits per heavy atom. The first kappa shape index (κ1) is 35.0. The molecule has 3 amide bonds. The van der Waals surface area contributed by atoms with Crippen LogP contribution in [0.15, 0.2) is 48.5 Å². The van der Waals surface area contributed by atoms with Gasteiger partial charge in [-0.25, -0.2) is 9.36 Å². The highest BCUT2D eigenvalue weighted by molar-refractivity contribution is 7.55. The number of likely N-dealkylation sites (tertiary alicyclic amines) is 1. The summed E-state index contributed by atoms with van der Waals surface area (Å²) in [4.78, 5) is 41.3. The van der Waals surface area contributed by atoms with Gasteiger partial charge < -0.3 is 29.3 Å². The second-order valence-electron chi connectivity index (χ2n) is 12.5. The molecule has 0 spiro atoms. The van der Waals surface area contributed by atoms with E-state index >= 15 is 0 Å². The lowest BCUT2D eigenvalue weighted by atomic mass is 10.0. The molecule has 1 aliphatic heterocycles. The zero-order valence-electron chi connectivity index (χ0n) is 27.2. The SMILES string of the molecule is CCc1ccc(OP(=O)(Oc2ccc(CC)cc2)C(C)NC(=O)C2CCCN2C(=O)C(NC(=O)OC(C)(C)C)C(C)C)cc1. The van der Waals surface area contributed by atoms with E-state index in [-0.39, 0.29) is 11.8 Å². The Kier molecular flexibility index (Phi) is 11.9. The standard InChI is InChI=1S/C33H48N3O7P/c1-9-24-13-17-26(18-14-24)42-44(40,43-27-19-15-25(10-2)16-20-27)23(5)34-30(37)28-12-11-21-36(28)31(38)29(22(3)4)35-32(39)41-33(6,7)8/h13-20,22-23,28-29H,9-12,21H2,1-8H3,(H,34,37)(H,35,39). The Hall–Kier alpha value is -3.52. The minimum atomic E-state index is -4.02. The van der Waals surface area contributed by atoms with Crippen molar-refractivity contribution in [3.05, 3.63) is 59.7 Å². The van der Waals surface area contributed by atoms with E-state index in [1.54, 1.807) is 52.0 Å². The van der Waals surface area contributed by atoms with Crippen LogP contribution >= 0.6 is 7.60 Å². The van der Waals surface area contributed by atoms with E-state index in [1.807, 2.05) is 52.0 Å². The lowest BCUT2D eigenvalue weighted by molar-refractivity contribution is -0.140. The molecule has 242 valence electrons. The minimum Gasteiger partial charge on any atom is -0.444 e. The van der Waals surface area contributed by atoms with Gasteiger partial charge in [-0.3, -0.25) is 9.59 Å². The van der Waals surface area contributed by atoms with Crippen molar-refractivity contribution >= 4 is 25.5 Å². The molecule has 2 N–H and O–H groups in total. The zero-order valence-corrected chi connectivity index (χ0v) is 28.1. The average molecular weight is 630 g/mol. The summed E-state index contributed by atoms with van der Waals surface area (Å²) < 4.78 is 31.7. The van der Waals surface area contributed by atoms with E-state index in [0.29, 0.717) is 30.9 Å². The summed E-state index contributed by atoms with van der Waals surface area (Å²) in [6, 6.07) is 12.8. The summed E-state index contributed by atoms with van der Waals surface area (Å²) in [5.74, 6) is -1.45. The van der Waals surface area contributed by atoms with Crippen LogP contribution in [0.4, 0.5) is 4.79 Å². The first-order valence-corrected chi connectivity index (χ1v) is 17.0. The van der Waals surface area contributed by atoms with Crippen molar-refractivity contribution in [2.24, 2.45) is 5.92 Å². The van der Waals surface area contributed by atoms with Gasteiger partial charge in [0, 0.05) is 6.54 Å². The second kappa shape index (κ2) is 15.0. The molecule has 10 nitrogen and oxygen atoms in total. The number of carbonyl (C=O) groups is 3. The van der Waals surface area contributed by atoms with Crippen LogP contribution in [0.3, 0.4) is 0 Å². The fraction of sp³-hybridized carbons (Fsp3) is 0.545. The fourth-order valence-corrected chi connectivity index (χ4v) is 6.32. The van der Waals surface area contributed by atoms with Crippen LogP contribution in [-0.4, -0.2) is 52.8 Å². The van der Waals surface area contributed by atoms with E-state index in [1.165, 1.54) is 4.90 Å². The largest absolute Gasteiger partial charge is 0.452 e. The van der Waals surface area contributed by atoms with Crippen LogP contribution in [0.2, 0.25) is 0 Å². The van der Waals surface area contributed by atoms with Gasteiger partial charge in [0.2, 0.25) is 11.8 Å². The summed E-state index contributed by atoms with van der Waals surface area (Å²) in [6.07, 6.45) is 2.00. The Bertz CT molecular complexity index is 1270. The number of nitrogens with zero attached hydrogens (tertiary/aromatic N) is 1.